The molecule has 0 aliphatic rings. The summed E-state index contributed by atoms with van der Waals surface area (Å²) in [7, 11) is 1.42. The Labute approximate surface area is 128 Å². The van der Waals surface area contributed by atoms with Crippen LogP contribution in [0.4, 0.5) is 14.5 Å². The average molecular weight is 343 g/mol. The number of anilines is 1. The van der Waals surface area contributed by atoms with Crippen LogP contribution in [-0.2, 0) is 7.05 Å². The predicted molar refractivity (Wildman–Crippen MR) is 74.7 cm³/mol. The van der Waals surface area contributed by atoms with E-state index in [1.54, 1.807) is 0 Å². The first-order valence-electron chi connectivity index (χ1n) is 5.23. The zero-order valence-corrected chi connectivity index (χ0v) is 12.3. The Morgan fingerprint density at radius 3 is 2.50 bits per heavy atom. The van der Waals surface area contributed by atoms with Gasteiger partial charge in [0, 0.05) is 12.6 Å². The minimum absolute atomic E-state index is 0.0866. The summed E-state index contributed by atoms with van der Waals surface area (Å²) >= 11 is 17.9. The van der Waals surface area contributed by atoms with Crippen LogP contribution in [0.2, 0.25) is 15.1 Å². The van der Waals surface area contributed by atoms with E-state index in [-0.39, 0.29) is 32.3 Å². The third kappa shape index (κ3) is 2.77. The molecule has 0 atom stereocenters. The summed E-state index contributed by atoms with van der Waals surface area (Å²) in [5.74, 6) is -0.263. The van der Waals surface area contributed by atoms with Crippen LogP contribution in [0.25, 0.3) is 11.3 Å². The SMILES string of the molecule is Cn1nc(-c2cc(N)c(Cl)cc2Cl)c(Cl)c1OC(F)F. The summed E-state index contributed by atoms with van der Waals surface area (Å²) in [6, 6.07) is 2.89. The van der Waals surface area contributed by atoms with Gasteiger partial charge in [0.25, 0.3) is 0 Å². The minimum Gasteiger partial charge on any atom is -0.416 e. The third-order valence-corrected chi connectivity index (χ3v) is 3.46. The largest absolute Gasteiger partial charge is 0.416 e. The van der Waals surface area contributed by atoms with Crippen LogP contribution < -0.4 is 10.5 Å². The molecule has 2 aromatic rings. The van der Waals surface area contributed by atoms with E-state index in [0.717, 1.165) is 4.68 Å². The highest BCUT2D eigenvalue weighted by Gasteiger charge is 2.22. The van der Waals surface area contributed by atoms with E-state index < -0.39 is 6.61 Å². The van der Waals surface area contributed by atoms with Crippen molar-refractivity contribution in [2.75, 3.05) is 5.73 Å². The van der Waals surface area contributed by atoms with Crippen LogP contribution in [0.3, 0.4) is 0 Å². The number of benzene rings is 1. The van der Waals surface area contributed by atoms with Gasteiger partial charge in [0.05, 0.1) is 15.7 Å². The number of hydrogen-bond acceptors (Lipinski definition) is 3. The van der Waals surface area contributed by atoms with Gasteiger partial charge in [-0.3, -0.25) is 0 Å². The number of rotatable bonds is 3. The molecule has 2 rings (SSSR count). The van der Waals surface area contributed by atoms with Gasteiger partial charge in [-0.25, -0.2) is 4.68 Å². The van der Waals surface area contributed by atoms with Crippen LogP contribution >= 0.6 is 34.8 Å². The summed E-state index contributed by atoms with van der Waals surface area (Å²) in [6.45, 7) is -3.01. The summed E-state index contributed by atoms with van der Waals surface area (Å²) in [6.07, 6.45) is 0. The molecule has 0 aliphatic heterocycles. The Hall–Kier alpha value is -1.24. The second-order valence-corrected chi connectivity index (χ2v) is 5.02. The van der Waals surface area contributed by atoms with Crippen LogP contribution in [0, 0.1) is 0 Å². The van der Waals surface area contributed by atoms with Gasteiger partial charge in [0.15, 0.2) is 0 Å². The first-order chi connectivity index (χ1) is 9.31. The van der Waals surface area contributed by atoms with Crippen molar-refractivity contribution in [1.82, 2.24) is 9.78 Å². The van der Waals surface area contributed by atoms with Gasteiger partial charge in [-0.1, -0.05) is 34.8 Å². The second kappa shape index (κ2) is 5.63. The van der Waals surface area contributed by atoms with E-state index in [0.29, 0.717) is 5.56 Å². The number of alkyl halides is 2. The monoisotopic (exact) mass is 341 g/mol. The van der Waals surface area contributed by atoms with Crippen LogP contribution in [0.15, 0.2) is 12.1 Å². The molecule has 1 aromatic heterocycles. The topological polar surface area (TPSA) is 53.1 Å². The maximum Gasteiger partial charge on any atom is 0.388 e. The Kier molecular flexibility index (Phi) is 4.27. The van der Waals surface area contributed by atoms with Crippen molar-refractivity contribution >= 4 is 40.5 Å². The number of nitrogens with two attached hydrogens (primary N) is 1. The van der Waals surface area contributed by atoms with E-state index in [2.05, 4.69) is 9.84 Å². The molecule has 0 bridgehead atoms. The van der Waals surface area contributed by atoms with Crippen molar-refractivity contribution in [3.8, 4) is 17.1 Å². The van der Waals surface area contributed by atoms with E-state index in [9.17, 15) is 8.78 Å². The number of aryl methyl sites for hydroxylation is 1. The van der Waals surface area contributed by atoms with Crippen LogP contribution in [-0.4, -0.2) is 16.4 Å². The van der Waals surface area contributed by atoms with Gasteiger partial charge >= 0.3 is 6.61 Å². The quantitative estimate of drug-likeness (QED) is 0.849. The maximum absolute atomic E-state index is 12.3. The Bertz CT molecular complexity index is 661. The molecule has 4 nitrogen and oxygen atoms in total. The van der Waals surface area contributed by atoms with Crippen molar-refractivity contribution < 1.29 is 13.5 Å². The van der Waals surface area contributed by atoms with Crippen molar-refractivity contribution in [3.63, 3.8) is 0 Å². The van der Waals surface area contributed by atoms with E-state index >= 15 is 0 Å². The maximum atomic E-state index is 12.3. The Morgan fingerprint density at radius 1 is 1.25 bits per heavy atom. The molecule has 1 aromatic carbocycles. The summed E-state index contributed by atoms with van der Waals surface area (Å²) in [4.78, 5) is 0. The molecule has 1 heterocycles. The smallest absolute Gasteiger partial charge is 0.388 e. The Morgan fingerprint density at radius 2 is 1.90 bits per heavy atom. The number of nitrogens with zero attached hydrogens (tertiary/aromatic N) is 2. The van der Waals surface area contributed by atoms with Gasteiger partial charge in [0.1, 0.15) is 10.7 Å². The number of nitrogen functional groups attached to an aromatic ring is 1. The van der Waals surface area contributed by atoms with Gasteiger partial charge in [-0.05, 0) is 12.1 Å². The van der Waals surface area contributed by atoms with E-state index in [4.69, 9.17) is 40.5 Å². The number of halogens is 5. The number of hydrogen-bond donors (Lipinski definition) is 1. The summed E-state index contributed by atoms with van der Waals surface area (Å²) in [5.41, 5.74) is 6.50. The van der Waals surface area contributed by atoms with E-state index in [1.165, 1.54) is 19.2 Å². The second-order valence-electron chi connectivity index (χ2n) is 3.82. The van der Waals surface area contributed by atoms with Crippen molar-refractivity contribution in [3.05, 3.63) is 27.2 Å². The molecule has 0 saturated carbocycles. The fourth-order valence-corrected chi connectivity index (χ4v) is 2.39. The minimum atomic E-state index is -3.01. The standard InChI is InChI=1S/C11H8Cl3F2N3O/c1-19-10(20-11(15)16)8(14)9(18-19)4-2-7(17)6(13)3-5(4)12/h2-3,11H,17H2,1H3. The normalized spacial score (nSPS) is 11.2. The lowest BCUT2D eigenvalue weighted by Gasteiger charge is -2.05. The van der Waals surface area contributed by atoms with Gasteiger partial charge in [-0.2, -0.15) is 13.9 Å². The molecule has 2 N–H and O–H groups in total. The van der Waals surface area contributed by atoms with Gasteiger partial charge < -0.3 is 10.5 Å². The molecule has 0 unspecified atom stereocenters. The van der Waals surface area contributed by atoms with Crippen molar-refractivity contribution in [1.29, 1.82) is 0 Å². The fraction of sp³-hybridized carbons (Fsp3) is 0.182. The zero-order valence-electron chi connectivity index (χ0n) is 10.0. The fourth-order valence-electron chi connectivity index (χ4n) is 1.61. The molecule has 9 heteroatoms. The Balaban J connectivity index is 2.57. The lowest BCUT2D eigenvalue weighted by atomic mass is 10.1. The highest BCUT2D eigenvalue weighted by atomic mass is 35.5. The third-order valence-electron chi connectivity index (χ3n) is 2.48. The summed E-state index contributed by atoms with van der Waals surface area (Å²) in [5, 5.41) is 4.44. The van der Waals surface area contributed by atoms with E-state index in [1.807, 2.05) is 0 Å². The molecule has 0 aliphatic carbocycles. The predicted octanol–water partition coefficient (Wildman–Crippen LogP) is 4.23. The summed E-state index contributed by atoms with van der Waals surface area (Å²) < 4.78 is 30.0. The molecule has 0 radical (unpaired) electrons. The number of ether oxygens (including phenoxy) is 1. The van der Waals surface area contributed by atoms with Crippen LogP contribution in [0.1, 0.15) is 0 Å². The molecular formula is C11H8Cl3F2N3O. The number of aromatic nitrogens is 2. The lowest BCUT2D eigenvalue weighted by molar-refractivity contribution is -0.0552. The highest BCUT2D eigenvalue weighted by Crippen LogP contribution is 2.40. The van der Waals surface area contributed by atoms with Crippen LogP contribution in [0.5, 0.6) is 5.88 Å². The molecular weight excluding hydrogens is 334 g/mol. The zero-order chi connectivity index (χ0) is 15.0. The van der Waals surface area contributed by atoms with Gasteiger partial charge in [-0.15, -0.1) is 0 Å². The molecule has 20 heavy (non-hydrogen) atoms. The molecule has 0 spiro atoms. The molecule has 0 amide bonds. The van der Waals surface area contributed by atoms with Gasteiger partial charge in [0.2, 0.25) is 5.88 Å². The molecule has 0 saturated heterocycles. The van der Waals surface area contributed by atoms with Crippen molar-refractivity contribution in [2.45, 2.75) is 6.61 Å². The first-order valence-corrected chi connectivity index (χ1v) is 6.36. The molecule has 108 valence electrons. The molecule has 0 fully saturated rings. The average Bonchev–Trinajstić information content (AvgIpc) is 2.61. The highest BCUT2D eigenvalue weighted by molar-refractivity contribution is 6.39. The van der Waals surface area contributed by atoms with Crippen molar-refractivity contribution in [2.24, 2.45) is 7.05 Å². The first kappa shape index (κ1) is 15.2. The lowest BCUT2D eigenvalue weighted by Crippen LogP contribution is -2.06.